The van der Waals surface area contributed by atoms with E-state index in [-0.39, 0.29) is 23.9 Å². The Morgan fingerprint density at radius 1 is 1.06 bits per heavy atom. The van der Waals surface area contributed by atoms with Crippen LogP contribution in [0.3, 0.4) is 0 Å². The third-order valence-electron chi connectivity index (χ3n) is 4.33. The van der Waals surface area contributed by atoms with Gasteiger partial charge in [0, 0.05) is 12.1 Å². The molecule has 0 saturated carbocycles. The van der Waals surface area contributed by atoms with Crippen molar-refractivity contribution in [2.24, 2.45) is 0 Å². The van der Waals surface area contributed by atoms with Gasteiger partial charge in [0.25, 0.3) is 0 Å². The predicted molar refractivity (Wildman–Crippen MR) is 123 cm³/mol. The van der Waals surface area contributed by atoms with Gasteiger partial charge in [0.2, 0.25) is 11.8 Å². The van der Waals surface area contributed by atoms with E-state index in [0.717, 1.165) is 5.56 Å². The lowest BCUT2D eigenvalue weighted by Gasteiger charge is -2.37. The van der Waals surface area contributed by atoms with Gasteiger partial charge in [0.15, 0.2) is 0 Å². The molecule has 1 aromatic carbocycles. The van der Waals surface area contributed by atoms with E-state index in [1.54, 1.807) is 33.8 Å². The van der Waals surface area contributed by atoms with E-state index >= 15 is 0 Å². The molecule has 0 aliphatic heterocycles. The van der Waals surface area contributed by atoms with Gasteiger partial charge >= 0.3 is 6.09 Å². The van der Waals surface area contributed by atoms with Crippen LogP contribution in [0.25, 0.3) is 6.08 Å². The number of nitrogens with zero attached hydrogens (tertiary/aromatic N) is 1. The summed E-state index contributed by atoms with van der Waals surface area (Å²) in [5.74, 6) is -0.670. The third-order valence-corrected chi connectivity index (χ3v) is 4.33. The lowest BCUT2D eigenvalue weighted by Crippen LogP contribution is -2.54. The van der Waals surface area contributed by atoms with Crippen molar-refractivity contribution >= 4 is 24.0 Å². The molecule has 2 unspecified atom stereocenters. The molecule has 31 heavy (non-hydrogen) atoms. The molecule has 7 nitrogen and oxygen atoms in total. The molecule has 7 heteroatoms. The average molecular weight is 432 g/mol. The van der Waals surface area contributed by atoms with Crippen molar-refractivity contribution < 1.29 is 19.1 Å². The molecule has 3 amide bonds. The fourth-order valence-corrected chi connectivity index (χ4v) is 3.11. The molecule has 2 atom stereocenters. The summed E-state index contributed by atoms with van der Waals surface area (Å²) in [6.07, 6.45) is 1.00. The van der Waals surface area contributed by atoms with E-state index in [2.05, 4.69) is 17.2 Å². The molecule has 172 valence electrons. The fourth-order valence-electron chi connectivity index (χ4n) is 3.11. The number of alkyl carbamates (subject to hydrolysis) is 1. The van der Waals surface area contributed by atoms with Crippen LogP contribution < -0.4 is 10.6 Å². The van der Waals surface area contributed by atoms with Crippen molar-refractivity contribution in [3.8, 4) is 0 Å². The maximum Gasteiger partial charge on any atom is 0.408 e. The molecule has 0 fully saturated rings. The van der Waals surface area contributed by atoms with Crippen LogP contribution in [0.4, 0.5) is 4.79 Å². The molecule has 0 aliphatic rings. The minimum absolute atomic E-state index is 0.0981. The van der Waals surface area contributed by atoms with Gasteiger partial charge in [-0.05, 0) is 72.6 Å². The van der Waals surface area contributed by atoms with Crippen LogP contribution in [0.15, 0.2) is 30.8 Å². The van der Waals surface area contributed by atoms with Crippen LogP contribution in [0, 0.1) is 0 Å². The van der Waals surface area contributed by atoms with E-state index in [1.807, 2.05) is 52.0 Å². The molecular weight excluding hydrogens is 394 g/mol. The molecule has 0 bridgehead atoms. The highest BCUT2D eigenvalue weighted by Crippen LogP contribution is 2.26. The number of hydrogen-bond donors (Lipinski definition) is 2. The number of benzene rings is 1. The molecular formula is C24H37N3O4. The first-order valence-electron chi connectivity index (χ1n) is 10.6. The monoisotopic (exact) mass is 431 g/mol. The molecule has 0 radical (unpaired) electrons. The number of carbonyl (C=O) groups excluding carboxylic acids is 3. The molecule has 0 aromatic heterocycles. The van der Waals surface area contributed by atoms with Gasteiger partial charge in [0.05, 0.1) is 0 Å². The van der Waals surface area contributed by atoms with Gasteiger partial charge in [0.1, 0.15) is 17.7 Å². The maximum absolute atomic E-state index is 13.4. The largest absolute Gasteiger partial charge is 0.444 e. The molecule has 0 aliphatic carbocycles. The maximum atomic E-state index is 13.4. The van der Waals surface area contributed by atoms with Crippen molar-refractivity contribution in [2.75, 3.05) is 0 Å². The molecule has 1 aromatic rings. The second kappa shape index (κ2) is 11.0. The second-order valence-corrected chi connectivity index (χ2v) is 9.15. The van der Waals surface area contributed by atoms with E-state index in [4.69, 9.17) is 4.74 Å². The molecule has 2 N–H and O–H groups in total. The van der Waals surface area contributed by atoms with Crippen molar-refractivity contribution in [2.45, 2.75) is 85.2 Å². The Labute approximate surface area is 186 Å². The van der Waals surface area contributed by atoms with Crippen molar-refractivity contribution in [1.29, 1.82) is 0 Å². The zero-order chi connectivity index (χ0) is 23.9. The van der Waals surface area contributed by atoms with Gasteiger partial charge in [-0.25, -0.2) is 4.79 Å². The number of nitrogens with one attached hydrogen (secondary N) is 2. The van der Waals surface area contributed by atoms with E-state index in [9.17, 15) is 14.4 Å². The topological polar surface area (TPSA) is 87.7 Å². The molecule has 0 spiro atoms. The van der Waals surface area contributed by atoms with Crippen LogP contribution in [0.1, 0.15) is 72.6 Å². The normalized spacial score (nSPS) is 13.4. The van der Waals surface area contributed by atoms with Crippen LogP contribution in [0.5, 0.6) is 0 Å². The molecule has 0 heterocycles. The smallest absolute Gasteiger partial charge is 0.408 e. The lowest BCUT2D eigenvalue weighted by molar-refractivity contribution is -0.144. The van der Waals surface area contributed by atoms with Gasteiger partial charge in [-0.1, -0.05) is 30.9 Å². The van der Waals surface area contributed by atoms with Crippen molar-refractivity contribution in [1.82, 2.24) is 15.5 Å². The SMILES string of the molecule is C=Cc1cccc(C(C(=O)NC(C)C)N(C(=O)C(C)NC(=O)OC(C)(C)C)C(C)C)c1. The number of carbonyl (C=O) groups is 3. The summed E-state index contributed by atoms with van der Waals surface area (Å²) in [5, 5.41) is 5.49. The van der Waals surface area contributed by atoms with Gasteiger partial charge in [-0.3, -0.25) is 9.59 Å². The lowest BCUT2D eigenvalue weighted by atomic mass is 9.99. The first kappa shape index (κ1) is 26.2. The summed E-state index contributed by atoms with van der Waals surface area (Å²) in [5.41, 5.74) is 0.827. The van der Waals surface area contributed by atoms with Crippen LogP contribution >= 0.6 is 0 Å². The number of ether oxygens (including phenoxy) is 1. The van der Waals surface area contributed by atoms with E-state index < -0.39 is 23.8 Å². The van der Waals surface area contributed by atoms with Crippen molar-refractivity contribution in [3.63, 3.8) is 0 Å². The Morgan fingerprint density at radius 2 is 1.68 bits per heavy atom. The first-order valence-corrected chi connectivity index (χ1v) is 10.6. The Balaban J connectivity index is 3.31. The molecule has 0 saturated heterocycles. The quantitative estimate of drug-likeness (QED) is 0.650. The van der Waals surface area contributed by atoms with Crippen LogP contribution in [-0.2, 0) is 14.3 Å². The van der Waals surface area contributed by atoms with Gasteiger partial charge in [-0.15, -0.1) is 0 Å². The second-order valence-electron chi connectivity index (χ2n) is 9.15. The average Bonchev–Trinajstić information content (AvgIpc) is 2.62. The van der Waals surface area contributed by atoms with Crippen LogP contribution in [0.2, 0.25) is 0 Å². The summed E-state index contributed by atoms with van der Waals surface area (Å²) in [6.45, 7) is 18.0. The number of rotatable bonds is 8. The summed E-state index contributed by atoms with van der Waals surface area (Å²) in [7, 11) is 0. The van der Waals surface area contributed by atoms with Crippen LogP contribution in [-0.4, -0.2) is 46.5 Å². The summed E-state index contributed by atoms with van der Waals surface area (Å²) in [6, 6.07) is 5.21. The highest BCUT2D eigenvalue weighted by Gasteiger charge is 2.36. The Morgan fingerprint density at radius 3 is 2.16 bits per heavy atom. The Kier molecular flexibility index (Phi) is 9.28. The predicted octanol–water partition coefficient (Wildman–Crippen LogP) is 4.05. The highest BCUT2D eigenvalue weighted by atomic mass is 16.6. The standard InChI is InChI=1S/C24H37N3O4/c1-10-18-12-11-13-19(14-18)20(21(28)25-15(2)3)27(16(4)5)22(29)17(6)26-23(30)31-24(7,8)9/h10-17,20H,1H2,2-9H3,(H,25,28)(H,26,30). The number of amides is 3. The van der Waals surface area contributed by atoms with Gasteiger partial charge in [-0.2, -0.15) is 0 Å². The third kappa shape index (κ3) is 8.07. The van der Waals surface area contributed by atoms with E-state index in [1.165, 1.54) is 4.90 Å². The zero-order valence-electron chi connectivity index (χ0n) is 20.0. The van der Waals surface area contributed by atoms with E-state index in [0.29, 0.717) is 5.56 Å². The minimum atomic E-state index is -0.880. The molecule has 1 rings (SSSR count). The first-order chi connectivity index (χ1) is 14.3. The minimum Gasteiger partial charge on any atom is -0.444 e. The zero-order valence-corrected chi connectivity index (χ0v) is 20.0. The summed E-state index contributed by atoms with van der Waals surface area (Å²) in [4.78, 5) is 40.3. The summed E-state index contributed by atoms with van der Waals surface area (Å²) < 4.78 is 5.26. The fraction of sp³-hybridized carbons (Fsp3) is 0.542. The number of hydrogen-bond acceptors (Lipinski definition) is 4. The van der Waals surface area contributed by atoms with Gasteiger partial charge < -0.3 is 20.3 Å². The highest BCUT2D eigenvalue weighted by molar-refractivity contribution is 5.92. The van der Waals surface area contributed by atoms with Crippen molar-refractivity contribution in [3.05, 3.63) is 42.0 Å². The summed E-state index contributed by atoms with van der Waals surface area (Å²) >= 11 is 0. The Hall–Kier alpha value is -2.83. The Bertz CT molecular complexity index is 796.